The van der Waals surface area contributed by atoms with Crippen molar-refractivity contribution in [3.8, 4) is 0 Å². The number of halogens is 1. The third-order valence-corrected chi connectivity index (χ3v) is 6.98. The summed E-state index contributed by atoms with van der Waals surface area (Å²) in [5, 5.41) is 6.76. The normalized spacial score (nSPS) is 21.8. The second kappa shape index (κ2) is 9.33. The summed E-state index contributed by atoms with van der Waals surface area (Å²) >= 11 is 0. The van der Waals surface area contributed by atoms with Gasteiger partial charge < -0.3 is 15.5 Å². The van der Waals surface area contributed by atoms with Crippen LogP contribution in [0.2, 0.25) is 0 Å². The number of piperazine rings is 1. The number of nitrogens with one attached hydrogen (secondary N) is 2. The Hall–Kier alpha value is -2.15. The van der Waals surface area contributed by atoms with Crippen molar-refractivity contribution in [2.75, 3.05) is 52.9 Å². The van der Waals surface area contributed by atoms with E-state index in [-0.39, 0.29) is 11.2 Å². The minimum absolute atomic E-state index is 0.105. The van der Waals surface area contributed by atoms with Gasteiger partial charge in [0.1, 0.15) is 5.82 Å². The number of benzene rings is 1. The van der Waals surface area contributed by atoms with Gasteiger partial charge in [0.05, 0.1) is 0 Å². The van der Waals surface area contributed by atoms with Crippen LogP contribution in [0.25, 0.3) is 0 Å². The maximum absolute atomic E-state index is 14.2. The van der Waals surface area contributed by atoms with E-state index in [9.17, 15) is 9.18 Å². The summed E-state index contributed by atoms with van der Waals surface area (Å²) in [6.45, 7) is 5.95. The van der Waals surface area contributed by atoms with Gasteiger partial charge in [0.2, 0.25) is 5.91 Å². The number of carbonyl (C=O) groups excluding carboxylic acids is 1. The molecule has 3 aliphatic rings. The van der Waals surface area contributed by atoms with Gasteiger partial charge in [-0.15, -0.1) is 0 Å². The highest BCUT2D eigenvalue weighted by Crippen LogP contribution is 2.48. The summed E-state index contributed by atoms with van der Waals surface area (Å²) in [7, 11) is 1.77. The van der Waals surface area contributed by atoms with Gasteiger partial charge >= 0.3 is 0 Å². The number of guanidine groups is 1. The van der Waals surface area contributed by atoms with Crippen molar-refractivity contribution in [1.29, 1.82) is 0 Å². The van der Waals surface area contributed by atoms with E-state index in [1.54, 1.807) is 19.2 Å². The fourth-order valence-electron chi connectivity index (χ4n) is 4.49. The van der Waals surface area contributed by atoms with Gasteiger partial charge in [0.25, 0.3) is 0 Å². The van der Waals surface area contributed by atoms with E-state index < -0.39 is 0 Å². The van der Waals surface area contributed by atoms with E-state index in [2.05, 4.69) is 20.5 Å². The van der Waals surface area contributed by atoms with Crippen LogP contribution in [-0.2, 0) is 10.2 Å². The third kappa shape index (κ3) is 4.77. The zero-order chi connectivity index (χ0) is 21.0. The number of hydrogen-bond acceptors (Lipinski definition) is 3. The molecule has 1 aliphatic heterocycles. The number of nitrogens with zero attached hydrogens (tertiary/aromatic N) is 3. The van der Waals surface area contributed by atoms with Crippen LogP contribution < -0.4 is 10.6 Å². The van der Waals surface area contributed by atoms with Crippen LogP contribution in [0.4, 0.5) is 4.39 Å². The highest BCUT2D eigenvalue weighted by molar-refractivity contribution is 5.80. The van der Waals surface area contributed by atoms with Gasteiger partial charge in [-0.2, -0.15) is 0 Å². The number of hydrogen-bond donors (Lipinski definition) is 2. The van der Waals surface area contributed by atoms with Crippen LogP contribution >= 0.6 is 0 Å². The summed E-state index contributed by atoms with van der Waals surface area (Å²) in [5.41, 5.74) is 0.703. The number of amides is 1. The van der Waals surface area contributed by atoms with Crippen molar-refractivity contribution in [2.24, 2.45) is 10.9 Å². The molecule has 4 rings (SSSR count). The van der Waals surface area contributed by atoms with E-state index in [1.165, 1.54) is 6.42 Å². The Morgan fingerprint density at radius 3 is 2.50 bits per heavy atom. The first-order chi connectivity index (χ1) is 14.6. The zero-order valence-electron chi connectivity index (χ0n) is 18.0. The Balaban J connectivity index is 1.16. The van der Waals surface area contributed by atoms with E-state index >= 15 is 0 Å². The van der Waals surface area contributed by atoms with Gasteiger partial charge in [-0.3, -0.25) is 14.7 Å². The van der Waals surface area contributed by atoms with Crippen molar-refractivity contribution in [3.63, 3.8) is 0 Å². The van der Waals surface area contributed by atoms with Crippen molar-refractivity contribution < 1.29 is 9.18 Å². The lowest BCUT2D eigenvalue weighted by Gasteiger charge is -2.38. The van der Waals surface area contributed by atoms with Crippen molar-refractivity contribution in [2.45, 2.75) is 37.5 Å². The monoisotopic (exact) mass is 415 g/mol. The molecule has 164 valence electrons. The summed E-state index contributed by atoms with van der Waals surface area (Å²) in [6.07, 6.45) is 5.36. The molecule has 0 spiro atoms. The molecule has 0 radical (unpaired) electrons. The predicted octanol–water partition coefficient (Wildman–Crippen LogP) is 1.97. The molecule has 1 heterocycles. The number of rotatable bonds is 7. The molecule has 30 heavy (non-hydrogen) atoms. The standard InChI is InChI=1S/C23H34FN5O/c1-25-22(27-17-23(9-10-23)19-7-2-3-8-20(19)24)26-11-12-28-13-15-29(16-14-28)21(30)18-5-4-6-18/h2-3,7-8,18H,4-6,9-17H2,1H3,(H2,25,26,27). The molecular weight excluding hydrogens is 381 g/mol. The molecule has 2 N–H and O–H groups in total. The minimum Gasteiger partial charge on any atom is -0.356 e. The first-order valence-electron chi connectivity index (χ1n) is 11.3. The lowest BCUT2D eigenvalue weighted by Crippen LogP contribution is -2.52. The zero-order valence-corrected chi connectivity index (χ0v) is 18.0. The maximum atomic E-state index is 14.2. The molecule has 6 nitrogen and oxygen atoms in total. The highest BCUT2D eigenvalue weighted by atomic mass is 19.1. The van der Waals surface area contributed by atoms with E-state index in [1.807, 2.05) is 17.0 Å². The van der Waals surface area contributed by atoms with Gasteiger partial charge in [-0.1, -0.05) is 24.6 Å². The predicted molar refractivity (Wildman–Crippen MR) is 117 cm³/mol. The van der Waals surface area contributed by atoms with E-state index in [4.69, 9.17) is 0 Å². The molecule has 0 aromatic heterocycles. The first kappa shape index (κ1) is 21.1. The highest BCUT2D eigenvalue weighted by Gasteiger charge is 2.45. The van der Waals surface area contributed by atoms with E-state index in [0.717, 1.165) is 76.5 Å². The van der Waals surface area contributed by atoms with Crippen LogP contribution in [0.3, 0.4) is 0 Å². The lowest BCUT2D eigenvalue weighted by atomic mass is 9.84. The second-order valence-corrected chi connectivity index (χ2v) is 8.91. The molecule has 2 saturated carbocycles. The van der Waals surface area contributed by atoms with Crippen molar-refractivity contribution >= 4 is 11.9 Å². The third-order valence-electron chi connectivity index (χ3n) is 6.98. The molecule has 2 aliphatic carbocycles. The largest absolute Gasteiger partial charge is 0.356 e. The fraction of sp³-hybridized carbons (Fsp3) is 0.652. The Bertz CT molecular complexity index is 767. The van der Waals surface area contributed by atoms with Gasteiger partial charge in [-0.25, -0.2) is 4.39 Å². The van der Waals surface area contributed by atoms with Crippen LogP contribution in [-0.4, -0.2) is 74.5 Å². The molecular formula is C23H34FN5O. The summed E-state index contributed by atoms with van der Waals surface area (Å²) < 4.78 is 14.2. The average molecular weight is 416 g/mol. The minimum atomic E-state index is -0.116. The van der Waals surface area contributed by atoms with Gasteiger partial charge in [0.15, 0.2) is 5.96 Å². The summed E-state index contributed by atoms with van der Waals surface area (Å²) in [4.78, 5) is 21.1. The van der Waals surface area contributed by atoms with Gasteiger partial charge in [0, 0.05) is 64.2 Å². The quantitative estimate of drug-likeness (QED) is 0.528. The van der Waals surface area contributed by atoms with Crippen LogP contribution in [0.15, 0.2) is 29.3 Å². The first-order valence-corrected chi connectivity index (χ1v) is 11.3. The molecule has 1 amide bonds. The Labute approximate surface area is 178 Å². The molecule has 1 aromatic carbocycles. The van der Waals surface area contributed by atoms with Crippen LogP contribution in [0.1, 0.15) is 37.7 Å². The smallest absolute Gasteiger partial charge is 0.225 e. The van der Waals surface area contributed by atoms with E-state index in [0.29, 0.717) is 18.4 Å². The molecule has 3 fully saturated rings. The number of aliphatic imine (C=N–C) groups is 1. The fourth-order valence-corrected chi connectivity index (χ4v) is 4.49. The van der Waals surface area contributed by atoms with Crippen LogP contribution in [0.5, 0.6) is 0 Å². The molecule has 0 bridgehead atoms. The van der Waals surface area contributed by atoms with Crippen molar-refractivity contribution in [1.82, 2.24) is 20.4 Å². The van der Waals surface area contributed by atoms with Crippen molar-refractivity contribution in [3.05, 3.63) is 35.6 Å². The average Bonchev–Trinajstić information content (AvgIpc) is 3.51. The molecule has 1 saturated heterocycles. The molecule has 7 heteroatoms. The summed E-state index contributed by atoms with van der Waals surface area (Å²) in [5.74, 6) is 1.31. The Morgan fingerprint density at radius 2 is 1.90 bits per heavy atom. The topological polar surface area (TPSA) is 60.0 Å². The summed E-state index contributed by atoms with van der Waals surface area (Å²) in [6, 6.07) is 7.09. The lowest BCUT2D eigenvalue weighted by molar-refractivity contribution is -0.139. The SMILES string of the molecule is CN=C(NCCN1CCN(C(=O)C2CCC2)CC1)NCC1(c2ccccc2F)CC1. The van der Waals surface area contributed by atoms with Crippen LogP contribution in [0, 0.1) is 11.7 Å². The Kier molecular flexibility index (Phi) is 6.56. The maximum Gasteiger partial charge on any atom is 0.225 e. The molecule has 0 atom stereocenters. The molecule has 0 unspecified atom stereocenters. The Morgan fingerprint density at radius 1 is 1.17 bits per heavy atom. The second-order valence-electron chi connectivity index (χ2n) is 8.91. The number of carbonyl (C=O) groups is 1. The van der Waals surface area contributed by atoms with Gasteiger partial charge in [-0.05, 0) is 37.3 Å². The molecule has 1 aromatic rings.